The van der Waals surface area contributed by atoms with Gasteiger partial charge in [-0.3, -0.25) is 14.4 Å². The summed E-state index contributed by atoms with van der Waals surface area (Å²) in [5.74, 6) is -0.975. The predicted molar refractivity (Wildman–Crippen MR) is 75.6 cm³/mol. The van der Waals surface area contributed by atoms with Crippen molar-refractivity contribution in [1.29, 1.82) is 0 Å². The van der Waals surface area contributed by atoms with Crippen LogP contribution < -0.4 is 10.6 Å². The highest BCUT2D eigenvalue weighted by molar-refractivity contribution is 5.94. The molecule has 3 N–H and O–H groups in total. The lowest BCUT2D eigenvalue weighted by Gasteiger charge is -2.06. The molecule has 2 rings (SSSR count). The Kier molecular flexibility index (Phi) is 4.92. The molecule has 1 aliphatic carbocycles. The van der Waals surface area contributed by atoms with Crippen LogP contribution in [-0.4, -0.2) is 29.4 Å². The number of aliphatic carboxylic acids is 1. The second-order valence-corrected chi connectivity index (χ2v) is 5.09. The van der Waals surface area contributed by atoms with Crippen LogP contribution in [0.15, 0.2) is 24.3 Å². The zero-order valence-electron chi connectivity index (χ0n) is 11.6. The van der Waals surface area contributed by atoms with Crippen molar-refractivity contribution in [3.05, 3.63) is 35.4 Å². The molecule has 112 valence electrons. The van der Waals surface area contributed by atoms with Gasteiger partial charge in [-0.25, -0.2) is 0 Å². The highest BCUT2D eigenvalue weighted by Gasteiger charge is 2.29. The van der Waals surface area contributed by atoms with Crippen molar-refractivity contribution in [2.45, 2.75) is 25.8 Å². The Morgan fingerprint density at radius 1 is 1.10 bits per heavy atom. The summed E-state index contributed by atoms with van der Waals surface area (Å²) in [5.41, 5.74) is 1.39. The van der Waals surface area contributed by atoms with E-state index in [1.54, 1.807) is 24.3 Å². The number of hydrogen-bond donors (Lipinski definition) is 3. The zero-order chi connectivity index (χ0) is 15.2. The van der Waals surface area contributed by atoms with E-state index >= 15 is 0 Å². The average molecular weight is 290 g/mol. The summed E-state index contributed by atoms with van der Waals surface area (Å²) in [7, 11) is 0. The lowest BCUT2D eigenvalue weighted by molar-refractivity contribution is -0.136. The summed E-state index contributed by atoms with van der Waals surface area (Å²) in [6.07, 6.45) is 1.85. The van der Waals surface area contributed by atoms with Crippen LogP contribution in [0.5, 0.6) is 0 Å². The largest absolute Gasteiger partial charge is 0.481 e. The molecule has 1 fully saturated rings. The van der Waals surface area contributed by atoms with Crippen LogP contribution in [0.4, 0.5) is 0 Å². The van der Waals surface area contributed by atoms with Crippen LogP contribution in [0.25, 0.3) is 0 Å². The summed E-state index contributed by atoms with van der Waals surface area (Å²) in [6.45, 7) is 0.559. The summed E-state index contributed by atoms with van der Waals surface area (Å²) in [5, 5.41) is 13.9. The number of carbonyl (C=O) groups excluding carboxylic acids is 2. The fourth-order valence-electron chi connectivity index (χ4n) is 1.84. The van der Waals surface area contributed by atoms with Gasteiger partial charge in [0.2, 0.25) is 5.91 Å². The van der Waals surface area contributed by atoms with Crippen molar-refractivity contribution in [3.63, 3.8) is 0 Å². The van der Waals surface area contributed by atoms with Gasteiger partial charge in [0, 0.05) is 24.6 Å². The van der Waals surface area contributed by atoms with Gasteiger partial charge in [-0.1, -0.05) is 12.1 Å². The molecular weight excluding hydrogens is 272 g/mol. The Labute approximate surface area is 122 Å². The Morgan fingerprint density at radius 2 is 1.76 bits per heavy atom. The van der Waals surface area contributed by atoms with Crippen LogP contribution >= 0.6 is 0 Å². The van der Waals surface area contributed by atoms with Gasteiger partial charge in [0.25, 0.3) is 5.91 Å². The third kappa shape index (κ3) is 4.91. The van der Waals surface area contributed by atoms with Gasteiger partial charge in [0.05, 0.1) is 6.42 Å². The van der Waals surface area contributed by atoms with E-state index in [-0.39, 0.29) is 30.7 Å². The molecule has 0 atom stereocenters. The highest BCUT2D eigenvalue weighted by atomic mass is 16.4. The molecule has 0 spiro atoms. The summed E-state index contributed by atoms with van der Waals surface area (Å²) < 4.78 is 0. The minimum absolute atomic E-state index is 0.0884. The summed E-state index contributed by atoms with van der Waals surface area (Å²) in [6, 6.07) is 6.88. The maximum Gasteiger partial charge on any atom is 0.305 e. The average Bonchev–Trinajstić information content (AvgIpc) is 3.29. The molecule has 1 aliphatic rings. The van der Waals surface area contributed by atoms with Crippen LogP contribution in [0.1, 0.15) is 35.2 Å². The molecular formula is C15H18N2O4. The van der Waals surface area contributed by atoms with Gasteiger partial charge in [-0.2, -0.15) is 0 Å². The van der Waals surface area contributed by atoms with Crippen LogP contribution in [-0.2, 0) is 16.1 Å². The molecule has 1 aromatic rings. The number of amides is 2. The van der Waals surface area contributed by atoms with Gasteiger partial charge < -0.3 is 15.7 Å². The van der Waals surface area contributed by atoms with E-state index < -0.39 is 5.97 Å². The van der Waals surface area contributed by atoms with Crippen molar-refractivity contribution >= 4 is 17.8 Å². The van der Waals surface area contributed by atoms with Crippen molar-refractivity contribution < 1.29 is 19.5 Å². The fourth-order valence-corrected chi connectivity index (χ4v) is 1.84. The van der Waals surface area contributed by atoms with Crippen LogP contribution in [0.2, 0.25) is 0 Å². The smallest absolute Gasteiger partial charge is 0.305 e. The van der Waals surface area contributed by atoms with E-state index in [0.29, 0.717) is 12.1 Å². The molecule has 1 aromatic carbocycles. The minimum atomic E-state index is -0.947. The van der Waals surface area contributed by atoms with E-state index in [9.17, 15) is 14.4 Å². The predicted octanol–water partition coefficient (Wildman–Crippen LogP) is 0.917. The molecule has 0 aromatic heterocycles. The Hall–Kier alpha value is -2.37. The van der Waals surface area contributed by atoms with E-state index in [2.05, 4.69) is 10.6 Å². The van der Waals surface area contributed by atoms with Gasteiger partial charge in [0.1, 0.15) is 0 Å². The SMILES string of the molecule is O=C(O)CCNC(=O)c1ccc(CNC(=O)C2CC2)cc1. The number of rotatable bonds is 7. The van der Waals surface area contributed by atoms with Crippen molar-refractivity contribution in [2.75, 3.05) is 6.54 Å². The summed E-state index contributed by atoms with van der Waals surface area (Å²) in [4.78, 5) is 33.6. The maximum atomic E-state index is 11.7. The Bertz CT molecular complexity index is 535. The number of hydrogen-bond acceptors (Lipinski definition) is 3. The minimum Gasteiger partial charge on any atom is -0.481 e. The van der Waals surface area contributed by atoms with Crippen LogP contribution in [0.3, 0.4) is 0 Å². The first-order chi connectivity index (χ1) is 10.1. The van der Waals surface area contributed by atoms with Gasteiger partial charge in [-0.05, 0) is 30.5 Å². The normalized spacial score (nSPS) is 13.5. The number of carbonyl (C=O) groups is 3. The molecule has 0 unspecified atom stereocenters. The third-order valence-electron chi connectivity index (χ3n) is 3.26. The monoisotopic (exact) mass is 290 g/mol. The Balaban J connectivity index is 1.78. The van der Waals surface area contributed by atoms with Crippen molar-refractivity contribution in [1.82, 2.24) is 10.6 Å². The first-order valence-corrected chi connectivity index (χ1v) is 6.93. The zero-order valence-corrected chi connectivity index (χ0v) is 11.6. The van der Waals surface area contributed by atoms with Gasteiger partial charge in [0.15, 0.2) is 0 Å². The fraction of sp³-hybridized carbons (Fsp3) is 0.400. The standard InChI is InChI=1S/C15H18N2O4/c18-13(19)7-8-16-14(20)11-3-1-10(2-4-11)9-17-15(21)12-5-6-12/h1-4,12H,5-9H2,(H,16,20)(H,17,21)(H,18,19). The van der Waals surface area contributed by atoms with Gasteiger partial charge >= 0.3 is 5.97 Å². The molecule has 0 heterocycles. The van der Waals surface area contributed by atoms with E-state index in [1.807, 2.05) is 0 Å². The second kappa shape index (κ2) is 6.88. The molecule has 0 aliphatic heterocycles. The lowest BCUT2D eigenvalue weighted by Crippen LogP contribution is -2.26. The van der Waals surface area contributed by atoms with Crippen molar-refractivity contribution in [2.24, 2.45) is 5.92 Å². The van der Waals surface area contributed by atoms with Crippen LogP contribution in [0, 0.1) is 5.92 Å². The van der Waals surface area contributed by atoms with Crippen molar-refractivity contribution in [3.8, 4) is 0 Å². The number of carboxylic acid groups (broad SMARTS) is 1. The molecule has 21 heavy (non-hydrogen) atoms. The summed E-state index contributed by atoms with van der Waals surface area (Å²) >= 11 is 0. The molecule has 6 nitrogen and oxygen atoms in total. The highest BCUT2D eigenvalue weighted by Crippen LogP contribution is 2.28. The number of benzene rings is 1. The molecule has 6 heteroatoms. The van der Waals surface area contributed by atoms with E-state index in [4.69, 9.17) is 5.11 Å². The Morgan fingerprint density at radius 3 is 2.33 bits per heavy atom. The molecule has 0 radical (unpaired) electrons. The van der Waals surface area contributed by atoms with E-state index in [0.717, 1.165) is 18.4 Å². The van der Waals surface area contributed by atoms with E-state index in [1.165, 1.54) is 0 Å². The quantitative estimate of drug-likeness (QED) is 0.695. The maximum absolute atomic E-state index is 11.7. The third-order valence-corrected chi connectivity index (χ3v) is 3.26. The number of nitrogens with one attached hydrogen (secondary N) is 2. The number of carboxylic acids is 1. The molecule has 1 saturated carbocycles. The molecule has 0 saturated heterocycles. The molecule has 0 bridgehead atoms. The lowest BCUT2D eigenvalue weighted by atomic mass is 10.1. The first-order valence-electron chi connectivity index (χ1n) is 6.93. The molecule has 2 amide bonds. The van der Waals surface area contributed by atoms with Gasteiger partial charge in [-0.15, -0.1) is 0 Å². The second-order valence-electron chi connectivity index (χ2n) is 5.09. The topological polar surface area (TPSA) is 95.5 Å². The first kappa shape index (κ1) is 15.0.